The van der Waals surface area contributed by atoms with Gasteiger partial charge in [0.05, 0.1) is 18.4 Å². The van der Waals surface area contributed by atoms with Crippen molar-refractivity contribution < 1.29 is 28.3 Å². The lowest BCUT2D eigenvalue weighted by Gasteiger charge is -2.18. The molecular formula is C25H25NO6S. The van der Waals surface area contributed by atoms with Crippen LogP contribution in [0.5, 0.6) is 0 Å². The molecule has 33 heavy (non-hydrogen) atoms. The van der Waals surface area contributed by atoms with Gasteiger partial charge in [-0.25, -0.2) is 9.59 Å². The maximum atomic E-state index is 13.4. The molecule has 8 heteroatoms. The molecule has 2 unspecified atom stereocenters. The summed E-state index contributed by atoms with van der Waals surface area (Å²) in [6.07, 6.45) is 2.70. The van der Waals surface area contributed by atoms with Gasteiger partial charge in [0.2, 0.25) is 11.9 Å². The van der Waals surface area contributed by atoms with Gasteiger partial charge in [-0.1, -0.05) is 37.3 Å². The van der Waals surface area contributed by atoms with Gasteiger partial charge in [-0.15, -0.1) is 11.3 Å². The molecule has 0 bridgehead atoms. The third-order valence-corrected chi connectivity index (χ3v) is 6.69. The fraction of sp³-hybridized carbons (Fsp3) is 0.320. The molecule has 1 N–H and O–H groups in total. The second-order valence-corrected chi connectivity index (χ2v) is 9.04. The van der Waals surface area contributed by atoms with Crippen molar-refractivity contribution in [3.8, 4) is 0 Å². The van der Waals surface area contributed by atoms with Crippen LogP contribution in [0.2, 0.25) is 0 Å². The van der Waals surface area contributed by atoms with Crippen LogP contribution in [0.15, 0.2) is 53.1 Å². The highest BCUT2D eigenvalue weighted by molar-refractivity contribution is 7.17. The fourth-order valence-electron chi connectivity index (χ4n) is 3.90. The van der Waals surface area contributed by atoms with Gasteiger partial charge in [-0.05, 0) is 49.8 Å². The van der Waals surface area contributed by atoms with Crippen molar-refractivity contribution in [1.82, 2.24) is 0 Å². The zero-order valence-corrected chi connectivity index (χ0v) is 19.3. The lowest BCUT2D eigenvalue weighted by atomic mass is 9.88. The first kappa shape index (κ1) is 22.8. The average molecular weight is 468 g/mol. The Morgan fingerprint density at radius 2 is 1.94 bits per heavy atom. The Balaban J connectivity index is 1.65. The number of esters is 2. The van der Waals surface area contributed by atoms with Gasteiger partial charge in [0.15, 0.2) is 0 Å². The zero-order chi connectivity index (χ0) is 23.4. The van der Waals surface area contributed by atoms with Crippen molar-refractivity contribution >= 4 is 34.2 Å². The Labute approximate surface area is 195 Å². The van der Waals surface area contributed by atoms with Gasteiger partial charge < -0.3 is 19.2 Å². The number of ether oxygens (including phenoxy) is 2. The Morgan fingerprint density at radius 1 is 1.15 bits per heavy atom. The van der Waals surface area contributed by atoms with Crippen LogP contribution in [0.3, 0.4) is 0 Å². The number of amides is 1. The maximum Gasteiger partial charge on any atom is 0.375 e. The summed E-state index contributed by atoms with van der Waals surface area (Å²) in [5.41, 5.74) is 1.85. The van der Waals surface area contributed by atoms with Crippen LogP contribution in [0.25, 0.3) is 0 Å². The minimum atomic E-state index is -1.23. The standard InChI is InChI=1S/C25H25NO6S/c1-3-30-25(29)20-17-12-11-15(2)14-19(17)33-23(20)26-22(27)21(16-8-5-4-6-9-16)32-24(28)18-10-7-13-31-18/h4-10,13,15,21H,3,11-12,14H2,1-2H3,(H,26,27). The third kappa shape index (κ3) is 5.01. The first-order valence-corrected chi connectivity index (χ1v) is 11.7. The lowest BCUT2D eigenvalue weighted by molar-refractivity contribution is -0.125. The first-order valence-electron chi connectivity index (χ1n) is 10.9. The molecule has 2 atom stereocenters. The molecule has 0 aliphatic heterocycles. The first-order chi connectivity index (χ1) is 16.0. The second kappa shape index (κ2) is 10.0. The zero-order valence-electron chi connectivity index (χ0n) is 18.5. The van der Waals surface area contributed by atoms with E-state index in [4.69, 9.17) is 13.9 Å². The number of rotatable bonds is 7. The van der Waals surface area contributed by atoms with E-state index in [1.165, 1.54) is 23.7 Å². The molecule has 0 fully saturated rings. The number of carbonyl (C=O) groups excluding carboxylic acids is 3. The van der Waals surface area contributed by atoms with Crippen molar-refractivity contribution in [3.63, 3.8) is 0 Å². The predicted molar refractivity (Wildman–Crippen MR) is 123 cm³/mol. The normalized spacial score (nSPS) is 15.9. The predicted octanol–water partition coefficient (Wildman–Crippen LogP) is 5.18. The molecule has 0 saturated carbocycles. The molecule has 1 aliphatic carbocycles. The highest BCUT2D eigenvalue weighted by Gasteiger charge is 2.32. The summed E-state index contributed by atoms with van der Waals surface area (Å²) in [7, 11) is 0. The van der Waals surface area contributed by atoms with E-state index in [9.17, 15) is 14.4 Å². The van der Waals surface area contributed by atoms with Gasteiger partial charge >= 0.3 is 11.9 Å². The summed E-state index contributed by atoms with van der Waals surface area (Å²) < 4.78 is 15.9. The van der Waals surface area contributed by atoms with Crippen LogP contribution in [-0.4, -0.2) is 24.5 Å². The maximum absolute atomic E-state index is 13.4. The van der Waals surface area contributed by atoms with Crippen molar-refractivity contribution in [2.24, 2.45) is 5.92 Å². The summed E-state index contributed by atoms with van der Waals surface area (Å²) >= 11 is 1.39. The van der Waals surface area contributed by atoms with Gasteiger partial charge in [-0.3, -0.25) is 4.79 Å². The van der Waals surface area contributed by atoms with Crippen molar-refractivity contribution in [2.75, 3.05) is 11.9 Å². The van der Waals surface area contributed by atoms with Crippen LogP contribution in [0.4, 0.5) is 5.00 Å². The molecule has 4 rings (SSSR count). The van der Waals surface area contributed by atoms with Crippen LogP contribution >= 0.6 is 11.3 Å². The summed E-state index contributed by atoms with van der Waals surface area (Å²) in [5.74, 6) is -1.27. The summed E-state index contributed by atoms with van der Waals surface area (Å²) in [4.78, 5) is 39.7. The average Bonchev–Trinajstić information content (AvgIpc) is 3.46. The molecule has 0 saturated heterocycles. The van der Waals surface area contributed by atoms with Crippen LogP contribution in [-0.2, 0) is 27.1 Å². The SMILES string of the molecule is CCOC(=O)c1c(NC(=O)C(OC(=O)c2ccco2)c2ccccc2)sc2c1CCC(C)C2. The molecule has 7 nitrogen and oxygen atoms in total. The fourth-order valence-corrected chi connectivity index (χ4v) is 5.30. The molecule has 1 amide bonds. The summed E-state index contributed by atoms with van der Waals surface area (Å²) in [5, 5.41) is 3.27. The number of fused-ring (bicyclic) bond motifs is 1. The topological polar surface area (TPSA) is 94.8 Å². The lowest BCUT2D eigenvalue weighted by Crippen LogP contribution is -2.26. The van der Waals surface area contributed by atoms with E-state index in [0.717, 1.165) is 29.7 Å². The Bertz CT molecular complexity index is 1140. The minimum absolute atomic E-state index is 0.00322. The molecule has 3 aromatic rings. The van der Waals surface area contributed by atoms with Crippen LogP contribution < -0.4 is 5.32 Å². The summed E-state index contributed by atoms with van der Waals surface area (Å²) in [6.45, 7) is 4.15. The Kier molecular flexibility index (Phi) is 6.93. The number of hydrogen-bond acceptors (Lipinski definition) is 7. The van der Waals surface area contributed by atoms with Crippen LogP contribution in [0.1, 0.15) is 63.3 Å². The van der Waals surface area contributed by atoms with Gasteiger partial charge in [0.25, 0.3) is 5.91 Å². The highest BCUT2D eigenvalue weighted by Crippen LogP contribution is 2.40. The molecule has 172 valence electrons. The van der Waals surface area contributed by atoms with E-state index < -0.39 is 23.9 Å². The molecule has 2 aromatic heterocycles. The molecule has 1 aliphatic rings. The number of carbonyl (C=O) groups is 3. The van der Waals surface area contributed by atoms with Gasteiger partial charge in [0.1, 0.15) is 5.00 Å². The van der Waals surface area contributed by atoms with E-state index in [2.05, 4.69) is 12.2 Å². The van der Waals surface area contributed by atoms with E-state index >= 15 is 0 Å². The monoisotopic (exact) mass is 467 g/mol. The molecule has 2 heterocycles. The smallest absolute Gasteiger partial charge is 0.375 e. The van der Waals surface area contributed by atoms with Gasteiger partial charge in [0, 0.05) is 10.4 Å². The van der Waals surface area contributed by atoms with E-state index in [1.54, 1.807) is 43.3 Å². The van der Waals surface area contributed by atoms with E-state index in [0.29, 0.717) is 22.0 Å². The number of furan rings is 1. The van der Waals surface area contributed by atoms with Crippen molar-refractivity contribution in [2.45, 2.75) is 39.2 Å². The Morgan fingerprint density at radius 3 is 2.64 bits per heavy atom. The number of benzene rings is 1. The van der Waals surface area contributed by atoms with E-state index in [1.807, 2.05) is 0 Å². The largest absolute Gasteiger partial charge is 0.462 e. The van der Waals surface area contributed by atoms with Crippen molar-refractivity contribution in [3.05, 3.63) is 76.1 Å². The number of anilines is 1. The third-order valence-electron chi connectivity index (χ3n) is 5.52. The molecule has 0 radical (unpaired) electrons. The molecular weight excluding hydrogens is 442 g/mol. The van der Waals surface area contributed by atoms with Crippen molar-refractivity contribution in [1.29, 1.82) is 0 Å². The highest BCUT2D eigenvalue weighted by atomic mass is 32.1. The molecule has 0 spiro atoms. The number of hydrogen-bond donors (Lipinski definition) is 1. The second-order valence-electron chi connectivity index (χ2n) is 7.94. The number of nitrogens with one attached hydrogen (secondary N) is 1. The Hall–Kier alpha value is -3.39. The quantitative estimate of drug-likeness (QED) is 0.481. The van der Waals surface area contributed by atoms with E-state index in [-0.39, 0.29) is 12.4 Å². The number of thiophene rings is 1. The van der Waals surface area contributed by atoms with Gasteiger partial charge in [-0.2, -0.15) is 0 Å². The summed E-state index contributed by atoms with van der Waals surface area (Å²) in [6, 6.07) is 11.8. The minimum Gasteiger partial charge on any atom is -0.462 e. The van der Waals surface area contributed by atoms with Crippen LogP contribution in [0, 0.1) is 5.92 Å². The molecule has 1 aromatic carbocycles.